The minimum Gasteiger partial charge on any atom is -0.497 e. The molecule has 0 aliphatic carbocycles. The molecule has 0 atom stereocenters. The second kappa shape index (κ2) is 8.18. The molecule has 0 bridgehead atoms. The molecule has 2 heterocycles. The van der Waals surface area contributed by atoms with E-state index in [0.29, 0.717) is 38.8 Å². The molecule has 0 fully saturated rings. The number of nitrogens with one attached hydrogen (secondary N) is 1. The van der Waals surface area contributed by atoms with Gasteiger partial charge >= 0.3 is 5.63 Å². The van der Waals surface area contributed by atoms with Crippen molar-refractivity contribution < 1.29 is 13.9 Å². The van der Waals surface area contributed by atoms with Gasteiger partial charge in [0.05, 0.1) is 19.8 Å². The molecule has 148 valence electrons. The Kier molecular flexibility index (Phi) is 5.46. The van der Waals surface area contributed by atoms with Crippen molar-refractivity contribution >= 4 is 34.3 Å². The molecule has 0 aliphatic rings. The highest BCUT2D eigenvalue weighted by molar-refractivity contribution is 7.98. The summed E-state index contributed by atoms with van der Waals surface area (Å²) in [5.41, 5.74) is 1.61. The van der Waals surface area contributed by atoms with E-state index >= 15 is 0 Å². The number of rotatable bonds is 6. The van der Waals surface area contributed by atoms with Crippen LogP contribution in [0.15, 0.2) is 56.8 Å². The van der Waals surface area contributed by atoms with E-state index in [9.17, 15) is 4.79 Å². The van der Waals surface area contributed by atoms with Gasteiger partial charge in [-0.2, -0.15) is 0 Å². The van der Waals surface area contributed by atoms with Gasteiger partial charge < -0.3 is 13.9 Å². The molecule has 4 rings (SSSR count). The first-order valence-corrected chi connectivity index (χ1v) is 9.93. The number of fused-ring (bicyclic) bond motifs is 1. The average molecular weight is 430 g/mol. The molecule has 1 N–H and O–H groups in total. The predicted molar refractivity (Wildman–Crippen MR) is 112 cm³/mol. The van der Waals surface area contributed by atoms with E-state index in [1.165, 1.54) is 17.8 Å². The molecule has 2 aromatic heterocycles. The van der Waals surface area contributed by atoms with Gasteiger partial charge in [-0.25, -0.2) is 9.78 Å². The van der Waals surface area contributed by atoms with Gasteiger partial charge in [-0.1, -0.05) is 23.4 Å². The number of halogens is 1. The van der Waals surface area contributed by atoms with Crippen molar-refractivity contribution in [2.75, 3.05) is 14.2 Å². The van der Waals surface area contributed by atoms with Crippen molar-refractivity contribution in [3.05, 3.63) is 63.5 Å². The zero-order valence-corrected chi connectivity index (χ0v) is 17.1. The normalized spacial score (nSPS) is 11.0. The lowest BCUT2D eigenvalue weighted by Gasteiger charge is -2.06. The lowest BCUT2D eigenvalue weighted by atomic mass is 10.1. The molecule has 4 aromatic rings. The highest BCUT2D eigenvalue weighted by Crippen LogP contribution is 2.32. The third-order valence-corrected chi connectivity index (χ3v) is 5.41. The van der Waals surface area contributed by atoms with Crippen LogP contribution in [0.25, 0.3) is 22.4 Å². The van der Waals surface area contributed by atoms with Crippen LogP contribution < -0.4 is 15.1 Å². The fourth-order valence-electron chi connectivity index (χ4n) is 2.90. The lowest BCUT2D eigenvalue weighted by Crippen LogP contribution is -2.00. The van der Waals surface area contributed by atoms with Gasteiger partial charge in [-0.3, -0.25) is 5.10 Å². The van der Waals surface area contributed by atoms with E-state index in [1.54, 1.807) is 38.5 Å². The van der Waals surface area contributed by atoms with Gasteiger partial charge in [-0.05, 0) is 35.9 Å². The first-order chi connectivity index (χ1) is 14.1. The van der Waals surface area contributed by atoms with Crippen LogP contribution in [0.3, 0.4) is 0 Å². The summed E-state index contributed by atoms with van der Waals surface area (Å²) in [6, 6.07) is 12.2. The lowest BCUT2D eigenvalue weighted by molar-refractivity contribution is 0.414. The maximum Gasteiger partial charge on any atom is 0.336 e. The molecule has 0 saturated heterocycles. The Morgan fingerprint density at radius 1 is 1.14 bits per heavy atom. The molecule has 0 amide bonds. The van der Waals surface area contributed by atoms with E-state index in [2.05, 4.69) is 15.2 Å². The molecular weight excluding hydrogens is 414 g/mol. The Morgan fingerprint density at radius 2 is 2.00 bits per heavy atom. The van der Waals surface area contributed by atoms with E-state index in [4.69, 9.17) is 25.5 Å². The molecule has 0 unspecified atom stereocenters. The maximum atomic E-state index is 11.9. The number of nitrogens with zero attached hydrogens (tertiary/aromatic N) is 2. The van der Waals surface area contributed by atoms with Crippen LogP contribution in [0.2, 0.25) is 5.02 Å². The Hall–Kier alpha value is -2.97. The zero-order chi connectivity index (χ0) is 20.4. The first-order valence-electron chi connectivity index (χ1n) is 8.57. The van der Waals surface area contributed by atoms with Crippen molar-refractivity contribution in [3.63, 3.8) is 0 Å². The quantitative estimate of drug-likeness (QED) is 0.355. The van der Waals surface area contributed by atoms with Crippen molar-refractivity contribution in [2.24, 2.45) is 0 Å². The summed E-state index contributed by atoms with van der Waals surface area (Å²) in [4.78, 5) is 16.4. The number of benzene rings is 2. The predicted octanol–water partition coefficient (Wildman–Crippen LogP) is 4.54. The number of hydrogen-bond donors (Lipinski definition) is 1. The van der Waals surface area contributed by atoms with Crippen molar-refractivity contribution in [1.82, 2.24) is 15.2 Å². The average Bonchev–Trinajstić information content (AvgIpc) is 3.20. The molecule has 0 spiro atoms. The molecule has 29 heavy (non-hydrogen) atoms. The van der Waals surface area contributed by atoms with Gasteiger partial charge in [0.15, 0.2) is 5.82 Å². The van der Waals surface area contributed by atoms with E-state index in [-0.39, 0.29) is 0 Å². The Balaban J connectivity index is 1.60. The van der Waals surface area contributed by atoms with Gasteiger partial charge in [-0.15, -0.1) is 5.10 Å². The molecule has 2 aromatic carbocycles. The number of thioether (sulfide) groups is 1. The summed E-state index contributed by atoms with van der Waals surface area (Å²) in [7, 11) is 3.15. The standard InChI is InChI=1S/C20H16ClN3O4S/c1-26-13-4-5-14-11(7-18(25)28-17(14)9-13)10-29-20-22-19(23-24-20)15-8-12(21)3-6-16(15)27-2/h3-9H,10H2,1-2H3,(H,22,23,24). The topological polar surface area (TPSA) is 90.2 Å². The fourth-order valence-corrected chi connectivity index (χ4v) is 3.86. The number of hydrogen-bond acceptors (Lipinski definition) is 7. The highest BCUT2D eigenvalue weighted by Gasteiger charge is 2.13. The molecule has 0 radical (unpaired) electrons. The van der Waals surface area contributed by atoms with Crippen LogP contribution in [0.1, 0.15) is 5.56 Å². The summed E-state index contributed by atoms with van der Waals surface area (Å²) in [5, 5.41) is 9.11. The Morgan fingerprint density at radius 3 is 2.79 bits per heavy atom. The second-order valence-corrected chi connectivity index (χ2v) is 7.43. The summed E-state index contributed by atoms with van der Waals surface area (Å²) >= 11 is 7.49. The van der Waals surface area contributed by atoms with E-state index in [0.717, 1.165) is 16.5 Å². The zero-order valence-electron chi connectivity index (χ0n) is 15.6. The van der Waals surface area contributed by atoms with Crippen LogP contribution in [0, 0.1) is 0 Å². The van der Waals surface area contributed by atoms with Crippen molar-refractivity contribution in [3.8, 4) is 22.9 Å². The first kappa shape index (κ1) is 19.4. The Labute approximate surface area is 175 Å². The summed E-state index contributed by atoms with van der Waals surface area (Å²) in [6.45, 7) is 0. The number of H-pyrrole nitrogens is 1. The van der Waals surface area contributed by atoms with E-state index in [1.807, 2.05) is 12.1 Å². The van der Waals surface area contributed by atoms with Crippen molar-refractivity contribution in [1.29, 1.82) is 0 Å². The van der Waals surface area contributed by atoms with Crippen LogP contribution in [-0.2, 0) is 5.75 Å². The number of aromatic nitrogens is 3. The van der Waals surface area contributed by atoms with Crippen LogP contribution >= 0.6 is 23.4 Å². The molecule has 0 saturated carbocycles. The van der Waals surface area contributed by atoms with Crippen molar-refractivity contribution in [2.45, 2.75) is 10.9 Å². The smallest absolute Gasteiger partial charge is 0.336 e. The third-order valence-electron chi connectivity index (χ3n) is 4.28. The molecule has 0 aliphatic heterocycles. The highest BCUT2D eigenvalue weighted by atomic mass is 35.5. The van der Waals surface area contributed by atoms with E-state index < -0.39 is 5.63 Å². The van der Waals surface area contributed by atoms with Crippen LogP contribution in [-0.4, -0.2) is 29.4 Å². The van der Waals surface area contributed by atoms with Gasteiger partial charge in [0.2, 0.25) is 5.16 Å². The van der Waals surface area contributed by atoms with Gasteiger partial charge in [0.1, 0.15) is 17.1 Å². The number of ether oxygens (including phenoxy) is 2. The minimum atomic E-state index is -0.416. The van der Waals surface area contributed by atoms with Crippen LogP contribution in [0.5, 0.6) is 11.5 Å². The third kappa shape index (κ3) is 4.08. The Bertz CT molecular complexity index is 1240. The molecular formula is C20H16ClN3O4S. The minimum absolute atomic E-state index is 0.416. The monoisotopic (exact) mass is 429 g/mol. The number of methoxy groups -OCH3 is 2. The molecule has 7 nitrogen and oxygen atoms in total. The van der Waals surface area contributed by atoms with Gasteiger partial charge in [0, 0.05) is 28.3 Å². The fraction of sp³-hybridized carbons (Fsp3) is 0.150. The maximum absolute atomic E-state index is 11.9. The number of aromatic amines is 1. The SMILES string of the molecule is COc1ccc2c(CSc3n[nH]c(-c4cc(Cl)ccc4OC)n3)cc(=O)oc2c1. The van der Waals surface area contributed by atoms with Gasteiger partial charge in [0.25, 0.3) is 0 Å². The summed E-state index contributed by atoms with van der Waals surface area (Å²) < 4.78 is 15.8. The van der Waals surface area contributed by atoms with Crippen LogP contribution in [0.4, 0.5) is 0 Å². The summed E-state index contributed by atoms with van der Waals surface area (Å²) in [5.74, 6) is 2.31. The second-order valence-electron chi connectivity index (χ2n) is 6.05. The molecule has 9 heteroatoms. The summed E-state index contributed by atoms with van der Waals surface area (Å²) in [6.07, 6.45) is 0. The largest absolute Gasteiger partial charge is 0.497 e.